The quantitative estimate of drug-likeness (QED) is 0.474. The molecule has 4 rings (SSSR count). The molecule has 0 aliphatic carbocycles. The maximum atomic E-state index is 12.0. The number of hydrogen-bond donors (Lipinski definition) is 1. The van der Waals surface area contributed by atoms with Crippen molar-refractivity contribution in [3.05, 3.63) is 54.5 Å². The summed E-state index contributed by atoms with van der Waals surface area (Å²) >= 11 is 1.27. The van der Waals surface area contributed by atoms with Gasteiger partial charge in [-0.05, 0) is 12.1 Å². The second-order valence-corrected chi connectivity index (χ2v) is 6.74. The van der Waals surface area contributed by atoms with E-state index in [0.717, 1.165) is 5.56 Å². The summed E-state index contributed by atoms with van der Waals surface area (Å²) in [7, 11) is 1.78. The molecule has 0 radical (unpaired) electrons. The molecule has 0 spiro atoms. The van der Waals surface area contributed by atoms with Crippen LogP contribution in [0.4, 0.5) is 0 Å². The van der Waals surface area contributed by atoms with E-state index in [1.165, 1.54) is 11.8 Å². The zero-order valence-corrected chi connectivity index (χ0v) is 15.7. The third-order valence-electron chi connectivity index (χ3n) is 3.86. The van der Waals surface area contributed by atoms with E-state index in [1.807, 2.05) is 30.3 Å². The van der Waals surface area contributed by atoms with Crippen molar-refractivity contribution in [3.8, 4) is 23.1 Å². The fraction of sp³-hybridized carbons (Fsp3) is 0.167. The lowest BCUT2D eigenvalue weighted by atomic mass is 10.2. The standard InChI is InChI=1S/C18H16N6O3S/c1-24-16(17-20-15(23-27-17)12-6-3-2-4-7-12)21-22-18(24)28-11-14(25)19-10-13-8-5-9-26-13/h2-9H,10-11H2,1H3,(H,19,25). The number of furan rings is 1. The average Bonchev–Trinajstić information content (AvgIpc) is 3.47. The molecule has 0 bridgehead atoms. The Bertz CT molecular complexity index is 1060. The van der Waals surface area contributed by atoms with Gasteiger partial charge in [-0.2, -0.15) is 4.98 Å². The number of aromatic nitrogens is 5. The number of nitrogens with one attached hydrogen (secondary N) is 1. The summed E-state index contributed by atoms with van der Waals surface area (Å²) in [6, 6.07) is 13.1. The van der Waals surface area contributed by atoms with Crippen molar-refractivity contribution in [3.63, 3.8) is 0 Å². The Morgan fingerprint density at radius 2 is 2.04 bits per heavy atom. The second-order valence-electron chi connectivity index (χ2n) is 5.80. The largest absolute Gasteiger partial charge is 0.467 e. The second kappa shape index (κ2) is 8.09. The van der Waals surface area contributed by atoms with Crippen molar-refractivity contribution in [1.29, 1.82) is 0 Å². The highest BCUT2D eigenvalue weighted by Crippen LogP contribution is 2.23. The molecule has 28 heavy (non-hydrogen) atoms. The van der Waals surface area contributed by atoms with Gasteiger partial charge in [0, 0.05) is 12.6 Å². The number of benzene rings is 1. The van der Waals surface area contributed by atoms with E-state index in [1.54, 1.807) is 30.0 Å². The van der Waals surface area contributed by atoms with Crippen LogP contribution in [0.2, 0.25) is 0 Å². The van der Waals surface area contributed by atoms with E-state index in [9.17, 15) is 4.79 Å². The summed E-state index contributed by atoms with van der Waals surface area (Å²) in [5, 5.41) is 15.6. The molecule has 4 aromatic rings. The lowest BCUT2D eigenvalue weighted by Gasteiger charge is -2.03. The van der Waals surface area contributed by atoms with Crippen molar-refractivity contribution in [2.75, 3.05) is 5.75 Å². The molecule has 0 saturated carbocycles. The Morgan fingerprint density at radius 3 is 2.82 bits per heavy atom. The molecule has 0 aliphatic heterocycles. The summed E-state index contributed by atoms with van der Waals surface area (Å²) in [6.45, 7) is 0.348. The van der Waals surface area contributed by atoms with Crippen LogP contribution in [0.25, 0.3) is 23.1 Å². The van der Waals surface area contributed by atoms with E-state index in [-0.39, 0.29) is 17.6 Å². The number of carbonyl (C=O) groups is 1. The number of carbonyl (C=O) groups excluding carboxylic acids is 1. The minimum atomic E-state index is -0.130. The molecule has 1 amide bonds. The van der Waals surface area contributed by atoms with Crippen LogP contribution in [-0.2, 0) is 18.4 Å². The highest BCUT2D eigenvalue weighted by atomic mass is 32.2. The molecule has 142 valence electrons. The van der Waals surface area contributed by atoms with Crippen LogP contribution in [0.5, 0.6) is 0 Å². The SMILES string of the molecule is Cn1c(SCC(=O)NCc2ccco2)nnc1-c1nc(-c2ccccc2)no1. The molecule has 0 unspecified atom stereocenters. The lowest BCUT2D eigenvalue weighted by Crippen LogP contribution is -2.24. The van der Waals surface area contributed by atoms with Gasteiger partial charge in [0.25, 0.3) is 5.89 Å². The molecule has 1 aromatic carbocycles. The number of rotatable bonds is 7. The van der Waals surface area contributed by atoms with Gasteiger partial charge in [-0.3, -0.25) is 4.79 Å². The monoisotopic (exact) mass is 396 g/mol. The minimum Gasteiger partial charge on any atom is -0.467 e. The Labute approximate surface area is 164 Å². The van der Waals surface area contributed by atoms with Crippen LogP contribution in [-0.4, -0.2) is 36.6 Å². The van der Waals surface area contributed by atoms with Crippen LogP contribution in [0.3, 0.4) is 0 Å². The fourth-order valence-electron chi connectivity index (χ4n) is 2.43. The van der Waals surface area contributed by atoms with Crippen molar-refractivity contribution in [1.82, 2.24) is 30.2 Å². The van der Waals surface area contributed by atoms with Crippen LogP contribution in [0, 0.1) is 0 Å². The van der Waals surface area contributed by atoms with Gasteiger partial charge in [-0.25, -0.2) is 0 Å². The summed E-state index contributed by atoms with van der Waals surface area (Å²) < 4.78 is 12.2. The van der Waals surface area contributed by atoms with E-state index in [4.69, 9.17) is 8.94 Å². The Hall–Kier alpha value is -3.40. The highest BCUT2D eigenvalue weighted by Gasteiger charge is 2.19. The Balaban J connectivity index is 1.39. The highest BCUT2D eigenvalue weighted by molar-refractivity contribution is 7.99. The average molecular weight is 396 g/mol. The molecule has 0 saturated heterocycles. The first-order valence-corrected chi connectivity index (χ1v) is 9.40. The van der Waals surface area contributed by atoms with Crippen LogP contribution < -0.4 is 5.32 Å². The lowest BCUT2D eigenvalue weighted by molar-refractivity contribution is -0.118. The van der Waals surface area contributed by atoms with Crippen LogP contribution in [0.1, 0.15) is 5.76 Å². The van der Waals surface area contributed by atoms with E-state index in [0.29, 0.717) is 29.1 Å². The molecule has 9 nitrogen and oxygen atoms in total. The Morgan fingerprint density at radius 1 is 1.18 bits per heavy atom. The molecule has 0 fully saturated rings. The summed E-state index contributed by atoms with van der Waals surface area (Å²) in [5.74, 6) is 1.95. The number of hydrogen-bond acceptors (Lipinski definition) is 8. The van der Waals surface area contributed by atoms with Crippen molar-refractivity contribution >= 4 is 17.7 Å². The molecular weight excluding hydrogens is 380 g/mol. The summed E-state index contributed by atoms with van der Waals surface area (Å²) in [6.07, 6.45) is 1.57. The normalized spacial score (nSPS) is 10.9. The number of nitrogens with zero attached hydrogens (tertiary/aromatic N) is 5. The summed E-state index contributed by atoms with van der Waals surface area (Å²) in [5.41, 5.74) is 0.850. The molecule has 0 atom stereocenters. The van der Waals surface area contributed by atoms with E-state index < -0.39 is 0 Å². The van der Waals surface area contributed by atoms with Crippen molar-refractivity contribution in [2.45, 2.75) is 11.7 Å². The fourth-order valence-corrected chi connectivity index (χ4v) is 3.17. The summed E-state index contributed by atoms with van der Waals surface area (Å²) in [4.78, 5) is 16.4. The van der Waals surface area contributed by atoms with E-state index in [2.05, 4.69) is 25.7 Å². The Kier molecular flexibility index (Phi) is 5.20. The van der Waals surface area contributed by atoms with Gasteiger partial charge in [-0.15, -0.1) is 10.2 Å². The smallest absolute Gasteiger partial charge is 0.296 e. The molecule has 3 aromatic heterocycles. The van der Waals surface area contributed by atoms with Gasteiger partial charge in [0.05, 0.1) is 18.6 Å². The zero-order chi connectivity index (χ0) is 19.3. The third-order valence-corrected chi connectivity index (χ3v) is 4.88. The van der Waals surface area contributed by atoms with Crippen LogP contribution >= 0.6 is 11.8 Å². The topological polar surface area (TPSA) is 112 Å². The first kappa shape index (κ1) is 18.0. The maximum absolute atomic E-state index is 12.0. The van der Waals surface area contributed by atoms with E-state index >= 15 is 0 Å². The van der Waals surface area contributed by atoms with Gasteiger partial charge in [0.1, 0.15) is 5.76 Å². The van der Waals surface area contributed by atoms with Gasteiger partial charge in [-0.1, -0.05) is 47.3 Å². The molecule has 3 heterocycles. The van der Waals surface area contributed by atoms with Crippen molar-refractivity contribution in [2.24, 2.45) is 7.05 Å². The number of thioether (sulfide) groups is 1. The maximum Gasteiger partial charge on any atom is 0.296 e. The molecular formula is C18H16N6O3S. The van der Waals surface area contributed by atoms with Gasteiger partial charge in [0.2, 0.25) is 17.6 Å². The van der Waals surface area contributed by atoms with Gasteiger partial charge in [0.15, 0.2) is 5.16 Å². The zero-order valence-electron chi connectivity index (χ0n) is 14.9. The molecule has 0 aliphatic rings. The van der Waals surface area contributed by atoms with Crippen molar-refractivity contribution < 1.29 is 13.7 Å². The number of amides is 1. The van der Waals surface area contributed by atoms with Gasteiger partial charge >= 0.3 is 0 Å². The van der Waals surface area contributed by atoms with Gasteiger partial charge < -0.3 is 18.8 Å². The minimum absolute atomic E-state index is 0.130. The first-order chi connectivity index (χ1) is 13.7. The molecule has 10 heteroatoms. The predicted molar refractivity (Wildman–Crippen MR) is 101 cm³/mol. The third kappa shape index (κ3) is 3.96. The molecule has 1 N–H and O–H groups in total. The van der Waals surface area contributed by atoms with Crippen LogP contribution in [0.15, 0.2) is 62.8 Å². The predicted octanol–water partition coefficient (Wildman–Crippen LogP) is 2.53. The first-order valence-electron chi connectivity index (χ1n) is 8.41.